The van der Waals surface area contributed by atoms with Gasteiger partial charge in [-0.2, -0.15) is 0 Å². The molecule has 0 saturated carbocycles. The molecular formula is C14H13ClN2O4. The first kappa shape index (κ1) is 15.1. The number of halogens is 1. The van der Waals surface area contributed by atoms with Gasteiger partial charge in [-0.15, -0.1) is 0 Å². The van der Waals surface area contributed by atoms with Crippen LogP contribution >= 0.6 is 11.6 Å². The maximum Gasteiger partial charge on any atom is 0.330 e. The number of nitrogens with zero attached hydrogens (tertiary/aromatic N) is 2. The summed E-state index contributed by atoms with van der Waals surface area (Å²) in [4.78, 5) is 36.2. The predicted molar refractivity (Wildman–Crippen MR) is 78.4 cm³/mol. The zero-order valence-electron chi connectivity index (χ0n) is 11.7. The van der Waals surface area contributed by atoms with Crippen molar-refractivity contribution in [2.75, 3.05) is 7.11 Å². The Morgan fingerprint density at radius 2 is 1.86 bits per heavy atom. The molecule has 0 aliphatic heterocycles. The largest absolute Gasteiger partial charge is 0.496 e. The Labute approximate surface area is 125 Å². The van der Waals surface area contributed by atoms with E-state index >= 15 is 0 Å². The average molecular weight is 309 g/mol. The van der Waals surface area contributed by atoms with E-state index in [1.54, 1.807) is 0 Å². The fourth-order valence-corrected chi connectivity index (χ4v) is 2.12. The summed E-state index contributed by atoms with van der Waals surface area (Å²) in [6.07, 6.45) is 1.22. The van der Waals surface area contributed by atoms with E-state index in [1.165, 1.54) is 50.2 Å². The van der Waals surface area contributed by atoms with E-state index in [0.29, 0.717) is 5.02 Å². The van der Waals surface area contributed by atoms with E-state index in [-0.39, 0.29) is 16.9 Å². The normalized spacial score (nSPS) is 10.5. The molecule has 0 fully saturated rings. The Hall–Kier alpha value is -2.34. The van der Waals surface area contributed by atoms with Gasteiger partial charge in [-0.25, -0.2) is 4.79 Å². The highest BCUT2D eigenvalue weighted by Gasteiger charge is 2.20. The van der Waals surface area contributed by atoms with Crippen molar-refractivity contribution >= 4 is 17.4 Å². The highest BCUT2D eigenvalue weighted by Crippen LogP contribution is 2.24. The molecule has 0 spiro atoms. The Morgan fingerprint density at radius 3 is 2.48 bits per heavy atom. The third-order valence-corrected chi connectivity index (χ3v) is 3.33. The van der Waals surface area contributed by atoms with Gasteiger partial charge >= 0.3 is 5.69 Å². The van der Waals surface area contributed by atoms with Crippen LogP contribution in [0.4, 0.5) is 0 Å². The van der Waals surface area contributed by atoms with E-state index < -0.39 is 17.0 Å². The maximum absolute atomic E-state index is 12.5. The summed E-state index contributed by atoms with van der Waals surface area (Å²) in [6, 6.07) is 4.50. The molecular weight excluding hydrogens is 296 g/mol. The van der Waals surface area contributed by atoms with Gasteiger partial charge in [-0.3, -0.25) is 14.2 Å². The summed E-state index contributed by atoms with van der Waals surface area (Å²) >= 11 is 5.85. The van der Waals surface area contributed by atoms with E-state index in [1.807, 2.05) is 0 Å². The standard InChI is InChI=1S/C14H13ClN2O4/c1-16-7-10(13(19)17(2)14(16)20)12(18)9-5-4-8(15)6-11(9)21-3/h4-7H,1-3H3. The Balaban J connectivity index is 2.67. The summed E-state index contributed by atoms with van der Waals surface area (Å²) in [6.45, 7) is 0. The van der Waals surface area contributed by atoms with Gasteiger partial charge < -0.3 is 9.30 Å². The van der Waals surface area contributed by atoms with Gasteiger partial charge in [0.15, 0.2) is 0 Å². The van der Waals surface area contributed by atoms with Crippen molar-refractivity contribution < 1.29 is 9.53 Å². The molecule has 0 amide bonds. The Bertz CT molecular complexity index is 836. The van der Waals surface area contributed by atoms with Crippen molar-refractivity contribution in [3.63, 3.8) is 0 Å². The fourth-order valence-electron chi connectivity index (χ4n) is 1.96. The molecule has 110 valence electrons. The minimum absolute atomic E-state index is 0.111. The van der Waals surface area contributed by atoms with Gasteiger partial charge in [0.25, 0.3) is 5.56 Å². The topological polar surface area (TPSA) is 70.3 Å². The smallest absolute Gasteiger partial charge is 0.330 e. The van der Waals surface area contributed by atoms with Crippen LogP contribution in [-0.2, 0) is 14.1 Å². The van der Waals surface area contributed by atoms with E-state index in [2.05, 4.69) is 0 Å². The average Bonchev–Trinajstić information content (AvgIpc) is 2.48. The van der Waals surface area contributed by atoms with Crippen molar-refractivity contribution in [3.05, 3.63) is 61.4 Å². The summed E-state index contributed by atoms with van der Waals surface area (Å²) < 4.78 is 7.17. The van der Waals surface area contributed by atoms with Crippen molar-refractivity contribution in [1.82, 2.24) is 9.13 Å². The lowest BCUT2D eigenvalue weighted by Crippen LogP contribution is -2.39. The van der Waals surface area contributed by atoms with Crippen molar-refractivity contribution in [2.24, 2.45) is 14.1 Å². The second kappa shape index (κ2) is 5.57. The number of carbonyl (C=O) groups is 1. The minimum Gasteiger partial charge on any atom is -0.496 e. The molecule has 0 saturated heterocycles. The van der Waals surface area contributed by atoms with Crippen molar-refractivity contribution in [1.29, 1.82) is 0 Å². The van der Waals surface area contributed by atoms with Crippen LogP contribution in [0.15, 0.2) is 34.0 Å². The van der Waals surface area contributed by atoms with Crippen LogP contribution < -0.4 is 16.0 Å². The maximum atomic E-state index is 12.5. The van der Waals surface area contributed by atoms with Crippen LogP contribution in [0.5, 0.6) is 5.75 Å². The number of hydrogen-bond donors (Lipinski definition) is 0. The third kappa shape index (κ3) is 2.62. The molecule has 1 heterocycles. The molecule has 7 heteroatoms. The van der Waals surface area contributed by atoms with Crippen LogP contribution in [0.2, 0.25) is 5.02 Å². The van der Waals surface area contributed by atoms with E-state index in [9.17, 15) is 14.4 Å². The van der Waals surface area contributed by atoms with Crippen molar-refractivity contribution in [2.45, 2.75) is 0 Å². The highest BCUT2D eigenvalue weighted by molar-refractivity contribution is 6.31. The van der Waals surface area contributed by atoms with Crippen molar-refractivity contribution in [3.8, 4) is 5.75 Å². The summed E-state index contributed by atoms with van der Waals surface area (Å²) in [5.41, 5.74) is -1.06. The predicted octanol–water partition coefficient (Wildman–Crippen LogP) is 0.977. The second-order valence-corrected chi connectivity index (χ2v) is 4.91. The molecule has 0 radical (unpaired) electrons. The lowest BCUT2D eigenvalue weighted by molar-refractivity contribution is 0.103. The number of aryl methyl sites for hydroxylation is 1. The number of ketones is 1. The van der Waals surface area contributed by atoms with Gasteiger partial charge in [-0.05, 0) is 18.2 Å². The molecule has 21 heavy (non-hydrogen) atoms. The third-order valence-electron chi connectivity index (χ3n) is 3.10. The van der Waals surface area contributed by atoms with Gasteiger partial charge in [-0.1, -0.05) is 11.6 Å². The first-order valence-corrected chi connectivity index (χ1v) is 6.39. The van der Waals surface area contributed by atoms with Crippen LogP contribution in [-0.4, -0.2) is 22.0 Å². The lowest BCUT2D eigenvalue weighted by Gasteiger charge is -2.09. The Kier molecular flexibility index (Phi) is 3.99. The van der Waals surface area contributed by atoms with Crippen LogP contribution in [0.1, 0.15) is 15.9 Å². The quantitative estimate of drug-likeness (QED) is 0.793. The summed E-state index contributed by atoms with van der Waals surface area (Å²) in [5.74, 6) is -0.261. The molecule has 0 aliphatic rings. The highest BCUT2D eigenvalue weighted by atomic mass is 35.5. The van der Waals surface area contributed by atoms with Gasteiger partial charge in [0.05, 0.1) is 12.7 Å². The minimum atomic E-state index is -0.653. The molecule has 0 aliphatic carbocycles. The summed E-state index contributed by atoms with van der Waals surface area (Å²) in [5, 5.41) is 0.414. The monoisotopic (exact) mass is 308 g/mol. The zero-order valence-corrected chi connectivity index (χ0v) is 12.5. The SMILES string of the molecule is COc1cc(Cl)ccc1C(=O)c1cn(C)c(=O)n(C)c1=O. The molecule has 1 aromatic heterocycles. The second-order valence-electron chi connectivity index (χ2n) is 4.47. The lowest BCUT2D eigenvalue weighted by atomic mass is 10.0. The van der Waals surface area contributed by atoms with Crippen LogP contribution in [0, 0.1) is 0 Å². The molecule has 2 rings (SSSR count). The van der Waals surface area contributed by atoms with Crippen LogP contribution in [0.3, 0.4) is 0 Å². The first-order chi connectivity index (χ1) is 9.86. The molecule has 0 atom stereocenters. The van der Waals surface area contributed by atoms with E-state index in [0.717, 1.165) is 4.57 Å². The fraction of sp³-hybridized carbons (Fsp3) is 0.214. The molecule has 6 nitrogen and oxygen atoms in total. The number of ether oxygens (including phenoxy) is 1. The Morgan fingerprint density at radius 1 is 1.19 bits per heavy atom. The number of aromatic nitrogens is 2. The van der Waals surface area contributed by atoms with Gasteiger partial charge in [0, 0.05) is 25.3 Å². The number of hydrogen-bond acceptors (Lipinski definition) is 4. The first-order valence-electron chi connectivity index (χ1n) is 6.01. The molecule has 1 aromatic carbocycles. The summed E-state index contributed by atoms with van der Waals surface area (Å²) in [7, 11) is 4.19. The number of carbonyl (C=O) groups excluding carboxylic acids is 1. The van der Waals surface area contributed by atoms with Gasteiger partial charge in [0.2, 0.25) is 5.78 Å². The zero-order chi connectivity index (χ0) is 15.7. The molecule has 0 unspecified atom stereocenters. The molecule has 0 bridgehead atoms. The van der Waals surface area contributed by atoms with E-state index in [4.69, 9.17) is 16.3 Å². The number of benzene rings is 1. The van der Waals surface area contributed by atoms with Gasteiger partial charge in [0.1, 0.15) is 11.3 Å². The molecule has 2 aromatic rings. The van der Waals surface area contributed by atoms with Crippen LogP contribution in [0.25, 0.3) is 0 Å². The molecule has 0 N–H and O–H groups in total. The number of methoxy groups -OCH3 is 1. The number of rotatable bonds is 3.